The Balaban J connectivity index is 1.25. The number of hydrogen-bond acceptors (Lipinski definition) is 3. The SMILES string of the molecule is CCNC(=O)N1C2CCC1CC(N1CCC3(CC1)COc1ccc(F)cc13)C2. The van der Waals surface area contributed by atoms with Crippen molar-refractivity contribution in [2.24, 2.45) is 0 Å². The van der Waals surface area contributed by atoms with Crippen LogP contribution in [0.2, 0.25) is 0 Å². The van der Waals surface area contributed by atoms with E-state index in [9.17, 15) is 9.18 Å². The van der Waals surface area contributed by atoms with Gasteiger partial charge in [0.05, 0.1) is 6.61 Å². The van der Waals surface area contributed by atoms with Gasteiger partial charge in [-0.25, -0.2) is 9.18 Å². The Morgan fingerprint density at radius 3 is 2.61 bits per heavy atom. The van der Waals surface area contributed by atoms with Crippen molar-refractivity contribution >= 4 is 6.03 Å². The van der Waals surface area contributed by atoms with Crippen molar-refractivity contribution < 1.29 is 13.9 Å². The Bertz CT molecular complexity index is 748. The van der Waals surface area contributed by atoms with Crippen molar-refractivity contribution in [2.75, 3.05) is 26.2 Å². The molecule has 1 N–H and O–H groups in total. The first kappa shape index (κ1) is 18.2. The third-order valence-electron chi connectivity index (χ3n) is 7.56. The van der Waals surface area contributed by atoms with E-state index in [1.165, 1.54) is 6.07 Å². The maximum atomic E-state index is 13.8. The third-order valence-corrected chi connectivity index (χ3v) is 7.56. The highest BCUT2D eigenvalue weighted by molar-refractivity contribution is 5.75. The smallest absolute Gasteiger partial charge is 0.317 e. The van der Waals surface area contributed by atoms with Gasteiger partial charge in [-0.05, 0) is 76.7 Å². The number of fused-ring (bicyclic) bond motifs is 4. The molecular formula is C22H30FN3O2. The van der Waals surface area contributed by atoms with Crippen LogP contribution in [0.3, 0.4) is 0 Å². The van der Waals surface area contributed by atoms with Crippen LogP contribution in [0.15, 0.2) is 18.2 Å². The summed E-state index contributed by atoms with van der Waals surface area (Å²) in [5, 5.41) is 2.99. The van der Waals surface area contributed by atoms with Crippen molar-refractivity contribution in [1.82, 2.24) is 15.1 Å². The number of carbonyl (C=O) groups is 1. The summed E-state index contributed by atoms with van der Waals surface area (Å²) in [6.45, 7) is 5.42. The number of benzene rings is 1. The van der Waals surface area contributed by atoms with Crippen molar-refractivity contribution in [3.8, 4) is 5.75 Å². The molecule has 3 fully saturated rings. The lowest BCUT2D eigenvalue weighted by atomic mass is 9.74. The second kappa shape index (κ2) is 6.90. The lowest BCUT2D eigenvalue weighted by Gasteiger charge is -2.47. The van der Waals surface area contributed by atoms with Gasteiger partial charge in [0, 0.05) is 35.6 Å². The zero-order valence-corrected chi connectivity index (χ0v) is 16.6. The maximum absolute atomic E-state index is 13.8. The summed E-state index contributed by atoms with van der Waals surface area (Å²) in [5.74, 6) is 0.698. The summed E-state index contributed by atoms with van der Waals surface area (Å²) >= 11 is 0. The number of rotatable bonds is 2. The topological polar surface area (TPSA) is 44.8 Å². The van der Waals surface area contributed by atoms with Crippen molar-refractivity contribution in [1.29, 1.82) is 0 Å². The molecule has 2 bridgehead atoms. The summed E-state index contributed by atoms with van der Waals surface area (Å²) in [6, 6.07) is 6.41. The van der Waals surface area contributed by atoms with E-state index in [0.717, 1.165) is 62.9 Å². The molecule has 5 nitrogen and oxygen atoms in total. The predicted molar refractivity (Wildman–Crippen MR) is 105 cm³/mol. The molecule has 2 amide bonds. The standard InChI is InChI=1S/C22H30FN3O2/c1-2-24-21(27)26-16-4-5-17(26)13-18(12-16)25-9-7-22(8-10-25)14-28-20-6-3-15(23)11-19(20)22/h3,6,11,16-18H,2,4-5,7-10,12-14H2,1H3,(H,24,27). The lowest BCUT2D eigenvalue weighted by Crippen LogP contribution is -2.57. The molecule has 2 unspecified atom stereocenters. The van der Waals surface area contributed by atoms with E-state index >= 15 is 0 Å². The van der Waals surface area contributed by atoms with Crippen LogP contribution in [0, 0.1) is 5.82 Å². The monoisotopic (exact) mass is 387 g/mol. The normalized spacial score (nSPS) is 30.9. The molecule has 4 heterocycles. The molecule has 1 aromatic carbocycles. The highest BCUT2D eigenvalue weighted by atomic mass is 19.1. The number of nitrogens with zero attached hydrogens (tertiary/aromatic N) is 2. The molecule has 4 aliphatic rings. The highest BCUT2D eigenvalue weighted by Crippen LogP contribution is 2.47. The van der Waals surface area contributed by atoms with E-state index in [1.54, 1.807) is 12.1 Å². The van der Waals surface area contributed by atoms with Crippen LogP contribution in [0.25, 0.3) is 0 Å². The largest absolute Gasteiger partial charge is 0.492 e. The van der Waals surface area contributed by atoms with Crippen LogP contribution in [0.4, 0.5) is 9.18 Å². The van der Waals surface area contributed by atoms with Crippen molar-refractivity contribution in [3.63, 3.8) is 0 Å². The highest BCUT2D eigenvalue weighted by Gasteiger charge is 2.48. The van der Waals surface area contributed by atoms with Gasteiger partial charge in [0.2, 0.25) is 0 Å². The number of piperidine rings is 2. The average Bonchev–Trinajstić information content (AvgIpc) is 3.17. The summed E-state index contributed by atoms with van der Waals surface area (Å²) in [6.07, 6.45) is 6.49. The zero-order valence-electron chi connectivity index (χ0n) is 16.6. The molecule has 3 saturated heterocycles. The summed E-state index contributed by atoms with van der Waals surface area (Å²) < 4.78 is 19.7. The van der Waals surface area contributed by atoms with Gasteiger partial charge in [0.25, 0.3) is 0 Å². The van der Waals surface area contributed by atoms with Crippen LogP contribution in [0.1, 0.15) is 51.0 Å². The Kier molecular flexibility index (Phi) is 4.49. The molecule has 5 rings (SSSR count). The van der Waals surface area contributed by atoms with E-state index in [2.05, 4.69) is 15.1 Å². The van der Waals surface area contributed by atoms with E-state index < -0.39 is 0 Å². The fraction of sp³-hybridized carbons (Fsp3) is 0.682. The Labute approximate surface area is 166 Å². The maximum Gasteiger partial charge on any atom is 0.317 e. The van der Waals surface area contributed by atoms with Crippen molar-refractivity contribution in [2.45, 2.75) is 69.0 Å². The number of halogens is 1. The lowest BCUT2D eigenvalue weighted by molar-refractivity contribution is 0.0451. The Morgan fingerprint density at radius 1 is 1.21 bits per heavy atom. The Hall–Kier alpha value is -1.82. The molecular weight excluding hydrogens is 357 g/mol. The van der Waals surface area contributed by atoms with Gasteiger partial charge < -0.3 is 19.9 Å². The number of nitrogens with one attached hydrogen (secondary N) is 1. The van der Waals surface area contributed by atoms with E-state index in [1.807, 2.05) is 6.92 Å². The average molecular weight is 387 g/mol. The molecule has 0 aliphatic carbocycles. The molecule has 0 saturated carbocycles. The summed E-state index contributed by atoms with van der Waals surface area (Å²) in [5.41, 5.74) is 1.05. The molecule has 6 heteroatoms. The van der Waals surface area contributed by atoms with Gasteiger partial charge in [-0.2, -0.15) is 0 Å². The van der Waals surface area contributed by atoms with Gasteiger partial charge in [0.15, 0.2) is 0 Å². The number of urea groups is 1. The van der Waals surface area contributed by atoms with E-state index in [4.69, 9.17) is 4.74 Å². The second-order valence-electron chi connectivity index (χ2n) is 9.00. The van der Waals surface area contributed by atoms with Crippen molar-refractivity contribution in [3.05, 3.63) is 29.6 Å². The number of likely N-dealkylation sites (tertiary alicyclic amines) is 1. The van der Waals surface area contributed by atoms with Gasteiger partial charge in [0.1, 0.15) is 11.6 Å². The molecule has 28 heavy (non-hydrogen) atoms. The van der Waals surface area contributed by atoms with Gasteiger partial charge in [-0.3, -0.25) is 0 Å². The van der Waals surface area contributed by atoms with Crippen LogP contribution < -0.4 is 10.1 Å². The molecule has 1 spiro atoms. The fourth-order valence-electron chi connectivity index (χ4n) is 6.09. The first-order valence-corrected chi connectivity index (χ1v) is 10.8. The molecule has 4 aliphatic heterocycles. The van der Waals surface area contributed by atoms with E-state index in [-0.39, 0.29) is 17.3 Å². The molecule has 1 aromatic rings. The van der Waals surface area contributed by atoms with E-state index in [0.29, 0.717) is 31.3 Å². The number of hydrogen-bond donors (Lipinski definition) is 1. The first-order valence-electron chi connectivity index (χ1n) is 10.8. The fourth-order valence-corrected chi connectivity index (χ4v) is 6.09. The van der Waals surface area contributed by atoms with Gasteiger partial charge in [-0.15, -0.1) is 0 Å². The molecule has 0 radical (unpaired) electrons. The summed E-state index contributed by atoms with van der Waals surface area (Å²) in [7, 11) is 0. The van der Waals surface area contributed by atoms with Crippen LogP contribution in [-0.4, -0.2) is 60.2 Å². The van der Waals surface area contributed by atoms with Crippen LogP contribution in [0.5, 0.6) is 5.75 Å². The third kappa shape index (κ3) is 2.88. The minimum absolute atomic E-state index is 0.0192. The molecule has 2 atom stereocenters. The van der Waals surface area contributed by atoms with Gasteiger partial charge >= 0.3 is 6.03 Å². The number of amides is 2. The predicted octanol–water partition coefficient (Wildman–Crippen LogP) is 3.28. The number of carbonyl (C=O) groups excluding carboxylic acids is 1. The number of ether oxygens (including phenoxy) is 1. The van der Waals surface area contributed by atoms with Crippen LogP contribution >= 0.6 is 0 Å². The second-order valence-corrected chi connectivity index (χ2v) is 9.00. The quantitative estimate of drug-likeness (QED) is 0.847. The minimum Gasteiger partial charge on any atom is -0.492 e. The molecule has 152 valence electrons. The minimum atomic E-state index is -0.166. The van der Waals surface area contributed by atoms with Crippen LogP contribution in [-0.2, 0) is 5.41 Å². The van der Waals surface area contributed by atoms with Gasteiger partial charge in [-0.1, -0.05) is 0 Å². The zero-order chi connectivity index (χ0) is 19.3. The molecule has 0 aromatic heterocycles. The summed E-state index contributed by atoms with van der Waals surface area (Å²) in [4.78, 5) is 17.2. The first-order chi connectivity index (χ1) is 13.6. The Morgan fingerprint density at radius 2 is 1.93 bits per heavy atom.